The van der Waals surface area contributed by atoms with Crippen molar-refractivity contribution in [3.8, 4) is 0 Å². The first-order chi connectivity index (χ1) is 13.2. The topological polar surface area (TPSA) is 82.8 Å². The lowest BCUT2D eigenvalue weighted by molar-refractivity contribution is -0.201. The molecule has 7 heteroatoms. The molecule has 0 aromatic carbocycles. The smallest absolute Gasteiger partial charge is 0.310 e. The minimum absolute atomic E-state index is 0.0792. The van der Waals surface area contributed by atoms with Crippen LogP contribution in [0.25, 0.3) is 0 Å². The first-order valence-electron chi connectivity index (χ1n) is 9.70. The molecule has 0 amide bonds. The van der Waals surface area contributed by atoms with Gasteiger partial charge in [0.25, 0.3) is 0 Å². The molecule has 3 fully saturated rings. The SMILES string of the molecule is COC(=O)[C@@H]1C[C@@H](Br)C(=O)[C@@H]2[C@@]3(C)C[C@@H](c4ccoc4)OC(=O)[C@H]3CC[C@]21C. The Morgan fingerprint density at radius 1 is 1.29 bits per heavy atom. The molecule has 3 aliphatic rings. The fourth-order valence-corrected chi connectivity index (χ4v) is 6.78. The van der Waals surface area contributed by atoms with Gasteiger partial charge in [0.2, 0.25) is 0 Å². The number of ether oxygens (including phenoxy) is 2. The van der Waals surface area contributed by atoms with Crippen LogP contribution in [0.4, 0.5) is 0 Å². The molecule has 0 unspecified atom stereocenters. The number of hydrogen-bond donors (Lipinski definition) is 0. The van der Waals surface area contributed by atoms with Gasteiger partial charge in [-0.25, -0.2) is 0 Å². The molecule has 4 rings (SSSR count). The number of rotatable bonds is 2. The van der Waals surface area contributed by atoms with E-state index in [-0.39, 0.29) is 29.6 Å². The van der Waals surface area contributed by atoms with Gasteiger partial charge in [-0.2, -0.15) is 0 Å². The molecule has 0 spiro atoms. The zero-order valence-corrected chi connectivity index (χ0v) is 17.9. The second-order valence-electron chi connectivity index (χ2n) is 8.90. The van der Waals surface area contributed by atoms with Crippen molar-refractivity contribution >= 4 is 33.7 Å². The van der Waals surface area contributed by atoms with Crippen LogP contribution in [0.15, 0.2) is 23.0 Å². The number of hydrogen-bond acceptors (Lipinski definition) is 6. The molecule has 2 saturated carbocycles. The van der Waals surface area contributed by atoms with Crippen LogP contribution < -0.4 is 0 Å². The van der Waals surface area contributed by atoms with E-state index in [9.17, 15) is 14.4 Å². The fraction of sp³-hybridized carbons (Fsp3) is 0.667. The predicted octanol–water partition coefficient (Wildman–Crippen LogP) is 3.83. The number of cyclic esters (lactones) is 1. The van der Waals surface area contributed by atoms with E-state index in [4.69, 9.17) is 13.9 Å². The maximum absolute atomic E-state index is 13.4. The third kappa shape index (κ3) is 2.69. The molecular weight excluding hydrogens is 428 g/mol. The fourth-order valence-electron chi connectivity index (χ4n) is 6.14. The van der Waals surface area contributed by atoms with E-state index >= 15 is 0 Å². The van der Waals surface area contributed by atoms with E-state index in [1.807, 2.05) is 13.8 Å². The summed E-state index contributed by atoms with van der Waals surface area (Å²) in [5, 5.41) is 0. The largest absolute Gasteiger partial charge is 0.472 e. The molecule has 1 aromatic rings. The third-order valence-corrected chi connectivity index (χ3v) is 8.31. The number of fused-ring (bicyclic) bond motifs is 3. The van der Waals surface area contributed by atoms with Crippen LogP contribution in [0.1, 0.15) is 51.2 Å². The Morgan fingerprint density at radius 2 is 2.04 bits per heavy atom. The number of methoxy groups -OCH3 is 1. The Labute approximate surface area is 172 Å². The second-order valence-corrected chi connectivity index (χ2v) is 10.0. The average molecular weight is 453 g/mol. The minimum Gasteiger partial charge on any atom is -0.472 e. The number of halogens is 1. The number of Topliss-reactive ketones (excluding diaryl/α,β-unsaturated/α-hetero) is 1. The van der Waals surface area contributed by atoms with Gasteiger partial charge >= 0.3 is 11.9 Å². The first kappa shape index (κ1) is 19.7. The van der Waals surface area contributed by atoms with Crippen LogP contribution in [0.2, 0.25) is 0 Å². The van der Waals surface area contributed by atoms with Crippen LogP contribution in [0.3, 0.4) is 0 Å². The number of carbonyl (C=O) groups excluding carboxylic acids is 3. The van der Waals surface area contributed by atoms with Crippen LogP contribution in [0, 0.1) is 28.6 Å². The van der Waals surface area contributed by atoms with Crippen molar-refractivity contribution in [2.45, 2.75) is 50.5 Å². The summed E-state index contributed by atoms with van der Waals surface area (Å²) in [5.74, 6) is -1.63. The molecule has 0 bridgehead atoms. The quantitative estimate of drug-likeness (QED) is 0.500. The molecular formula is C21H25BrO6. The number of alkyl halides is 1. The molecule has 152 valence electrons. The highest BCUT2D eigenvalue weighted by atomic mass is 79.9. The molecule has 2 aliphatic carbocycles. The average Bonchev–Trinajstić information content (AvgIpc) is 3.18. The zero-order chi connectivity index (χ0) is 20.3. The number of carbonyl (C=O) groups is 3. The van der Waals surface area contributed by atoms with Crippen molar-refractivity contribution in [2.75, 3.05) is 7.11 Å². The first-order valence-corrected chi connectivity index (χ1v) is 10.6. The molecule has 1 saturated heterocycles. The number of ketones is 1. The predicted molar refractivity (Wildman–Crippen MR) is 102 cm³/mol. The summed E-state index contributed by atoms with van der Waals surface area (Å²) >= 11 is 3.50. The van der Waals surface area contributed by atoms with Gasteiger partial charge in [-0.15, -0.1) is 0 Å². The number of esters is 2. The Morgan fingerprint density at radius 3 is 2.68 bits per heavy atom. The molecule has 7 atom stereocenters. The maximum atomic E-state index is 13.4. The Balaban J connectivity index is 1.79. The molecule has 2 heterocycles. The van der Waals surface area contributed by atoms with Crippen LogP contribution >= 0.6 is 15.9 Å². The minimum atomic E-state index is -0.597. The van der Waals surface area contributed by atoms with Gasteiger partial charge < -0.3 is 13.9 Å². The van der Waals surface area contributed by atoms with Gasteiger partial charge in [-0.1, -0.05) is 29.8 Å². The van der Waals surface area contributed by atoms with Crippen molar-refractivity contribution in [3.05, 3.63) is 24.2 Å². The van der Waals surface area contributed by atoms with Gasteiger partial charge in [0.05, 0.1) is 36.3 Å². The van der Waals surface area contributed by atoms with E-state index in [0.717, 1.165) is 5.56 Å². The van der Waals surface area contributed by atoms with E-state index in [0.29, 0.717) is 25.7 Å². The van der Waals surface area contributed by atoms with Crippen LogP contribution in [-0.2, 0) is 23.9 Å². The lowest BCUT2D eigenvalue weighted by Crippen LogP contribution is -2.63. The molecule has 0 N–H and O–H groups in total. The van der Waals surface area contributed by atoms with Gasteiger partial charge in [0.1, 0.15) is 6.10 Å². The Kier molecular flexibility index (Phi) is 4.72. The van der Waals surface area contributed by atoms with Gasteiger partial charge in [-0.3, -0.25) is 14.4 Å². The van der Waals surface area contributed by atoms with Crippen molar-refractivity contribution in [1.29, 1.82) is 0 Å². The molecule has 1 aromatic heterocycles. The highest BCUT2D eigenvalue weighted by molar-refractivity contribution is 9.10. The summed E-state index contributed by atoms with van der Waals surface area (Å²) in [6, 6.07) is 1.79. The summed E-state index contributed by atoms with van der Waals surface area (Å²) in [5.41, 5.74) is -0.346. The molecule has 6 nitrogen and oxygen atoms in total. The molecule has 1 aliphatic heterocycles. The highest BCUT2D eigenvalue weighted by Crippen LogP contribution is 2.65. The zero-order valence-electron chi connectivity index (χ0n) is 16.3. The maximum Gasteiger partial charge on any atom is 0.310 e. The van der Waals surface area contributed by atoms with Crippen molar-refractivity contribution in [1.82, 2.24) is 0 Å². The standard InChI is InChI=1S/C21H25BrO6/c1-20-6-4-12-19(25)28-15(11-5-7-27-10-11)9-21(12,2)17(20)16(23)14(22)8-13(20)18(24)26-3/h5,7,10,12-15,17H,4,6,8-9H2,1-3H3/t12-,13+,14-,15+,17+,20+,21+/m1/s1. The summed E-state index contributed by atoms with van der Waals surface area (Å²) in [6.07, 6.45) is 4.86. The summed E-state index contributed by atoms with van der Waals surface area (Å²) in [4.78, 5) is 38.5. The van der Waals surface area contributed by atoms with Crippen LogP contribution in [0.5, 0.6) is 0 Å². The summed E-state index contributed by atoms with van der Waals surface area (Å²) in [6.45, 7) is 4.04. The Hall–Kier alpha value is -1.63. The van der Waals surface area contributed by atoms with E-state index < -0.39 is 27.7 Å². The van der Waals surface area contributed by atoms with Gasteiger partial charge in [0, 0.05) is 11.5 Å². The van der Waals surface area contributed by atoms with Crippen molar-refractivity contribution < 1.29 is 28.3 Å². The normalized spacial score (nSPS) is 42.9. The monoisotopic (exact) mass is 452 g/mol. The van der Waals surface area contributed by atoms with Crippen molar-refractivity contribution in [2.24, 2.45) is 28.6 Å². The third-order valence-electron chi connectivity index (χ3n) is 7.49. The number of furan rings is 1. The lowest BCUT2D eigenvalue weighted by atomic mass is 9.43. The van der Waals surface area contributed by atoms with E-state index in [1.54, 1.807) is 18.6 Å². The van der Waals surface area contributed by atoms with E-state index in [1.165, 1.54) is 7.11 Å². The summed E-state index contributed by atoms with van der Waals surface area (Å²) in [7, 11) is 1.39. The second kappa shape index (κ2) is 6.71. The van der Waals surface area contributed by atoms with Crippen molar-refractivity contribution in [3.63, 3.8) is 0 Å². The molecule has 0 radical (unpaired) electrons. The van der Waals surface area contributed by atoms with Crippen LogP contribution in [-0.4, -0.2) is 29.7 Å². The summed E-state index contributed by atoms with van der Waals surface area (Å²) < 4.78 is 16.0. The Bertz CT molecular complexity index is 804. The van der Waals surface area contributed by atoms with E-state index in [2.05, 4.69) is 15.9 Å². The van der Waals surface area contributed by atoms with Gasteiger partial charge in [0.15, 0.2) is 5.78 Å². The lowest BCUT2D eigenvalue weighted by Gasteiger charge is -2.60. The highest BCUT2D eigenvalue weighted by Gasteiger charge is 2.67. The van der Waals surface area contributed by atoms with Gasteiger partial charge in [-0.05, 0) is 42.6 Å². The molecule has 28 heavy (non-hydrogen) atoms.